The first-order chi connectivity index (χ1) is 12.9. The Morgan fingerprint density at radius 3 is 2.63 bits per heavy atom. The second-order valence-electron chi connectivity index (χ2n) is 6.24. The molecule has 27 heavy (non-hydrogen) atoms. The second-order valence-corrected chi connectivity index (χ2v) is 6.24. The number of nitro groups is 1. The average Bonchev–Trinajstić information content (AvgIpc) is 2.62. The van der Waals surface area contributed by atoms with Crippen molar-refractivity contribution in [2.45, 2.75) is 13.5 Å². The predicted octanol–water partition coefficient (Wildman–Crippen LogP) is 3.54. The van der Waals surface area contributed by atoms with E-state index in [0.29, 0.717) is 13.2 Å². The van der Waals surface area contributed by atoms with Crippen molar-refractivity contribution in [1.29, 1.82) is 0 Å². The summed E-state index contributed by atoms with van der Waals surface area (Å²) in [5.74, 6) is 0.445. The number of anilines is 1. The van der Waals surface area contributed by atoms with Gasteiger partial charge in [0, 0.05) is 12.6 Å². The van der Waals surface area contributed by atoms with Gasteiger partial charge in [-0.2, -0.15) is 0 Å². The molecule has 0 atom stereocenters. The number of hydrogen-bond acceptors (Lipinski definition) is 5. The van der Waals surface area contributed by atoms with Gasteiger partial charge < -0.3 is 10.1 Å². The summed E-state index contributed by atoms with van der Waals surface area (Å²) in [4.78, 5) is 24.7. The lowest BCUT2D eigenvalue weighted by Gasteiger charge is -2.16. The fourth-order valence-corrected chi connectivity index (χ4v) is 2.55. The molecule has 0 heterocycles. The zero-order chi connectivity index (χ0) is 19.8. The van der Waals surface area contributed by atoms with Crippen LogP contribution < -0.4 is 10.1 Å². The van der Waals surface area contributed by atoms with Gasteiger partial charge in [0.05, 0.1) is 11.5 Å². The lowest BCUT2D eigenvalue weighted by molar-refractivity contribution is -0.384. The number of ether oxygens (including phenoxy) is 1. The molecule has 0 bridgehead atoms. The van der Waals surface area contributed by atoms with Crippen LogP contribution in [0.3, 0.4) is 0 Å². The molecule has 1 amide bonds. The molecular formula is C20H23N3O4. The van der Waals surface area contributed by atoms with Crippen LogP contribution >= 0.6 is 0 Å². The van der Waals surface area contributed by atoms with Crippen molar-refractivity contribution in [3.8, 4) is 5.75 Å². The molecular weight excluding hydrogens is 346 g/mol. The molecule has 0 unspecified atom stereocenters. The smallest absolute Gasteiger partial charge is 0.293 e. The molecule has 0 fully saturated rings. The fraction of sp³-hybridized carbons (Fsp3) is 0.250. The lowest BCUT2D eigenvalue weighted by atomic mass is 10.2. The molecule has 2 aromatic carbocycles. The molecule has 0 aliphatic heterocycles. The number of nitro benzene ring substituents is 1. The summed E-state index contributed by atoms with van der Waals surface area (Å²) in [6.45, 7) is 6.49. The highest BCUT2D eigenvalue weighted by molar-refractivity contribution is 5.94. The van der Waals surface area contributed by atoms with E-state index in [2.05, 4.69) is 11.9 Å². The molecule has 0 aromatic heterocycles. The number of carbonyl (C=O) groups is 1. The summed E-state index contributed by atoms with van der Waals surface area (Å²) in [5, 5.41) is 13.8. The van der Waals surface area contributed by atoms with Crippen molar-refractivity contribution in [2.24, 2.45) is 0 Å². The number of rotatable bonds is 9. The van der Waals surface area contributed by atoms with Crippen LogP contribution in [-0.2, 0) is 11.3 Å². The first-order valence-corrected chi connectivity index (χ1v) is 8.45. The van der Waals surface area contributed by atoms with Crippen molar-refractivity contribution < 1.29 is 14.5 Å². The fourth-order valence-electron chi connectivity index (χ4n) is 2.55. The van der Waals surface area contributed by atoms with Crippen LogP contribution in [-0.4, -0.2) is 35.9 Å². The van der Waals surface area contributed by atoms with Crippen molar-refractivity contribution >= 4 is 17.3 Å². The molecule has 0 aliphatic carbocycles. The molecule has 142 valence electrons. The molecule has 0 saturated heterocycles. The molecule has 0 aliphatic rings. The number of carbonyl (C=O) groups excluding carboxylic acids is 1. The number of nitrogens with one attached hydrogen (secondary N) is 1. The van der Waals surface area contributed by atoms with Crippen LogP contribution in [0.2, 0.25) is 0 Å². The Balaban J connectivity index is 1.92. The predicted molar refractivity (Wildman–Crippen MR) is 105 cm³/mol. The molecule has 0 spiro atoms. The van der Waals surface area contributed by atoms with E-state index in [4.69, 9.17) is 4.74 Å². The minimum absolute atomic E-state index is 0.110. The number of aryl methyl sites for hydroxylation is 1. The van der Waals surface area contributed by atoms with E-state index in [0.717, 1.165) is 16.9 Å². The van der Waals surface area contributed by atoms with E-state index in [-0.39, 0.29) is 23.8 Å². The van der Waals surface area contributed by atoms with Gasteiger partial charge in [-0.15, -0.1) is 0 Å². The van der Waals surface area contributed by atoms with Crippen LogP contribution in [0.5, 0.6) is 5.75 Å². The highest BCUT2D eigenvalue weighted by Gasteiger charge is 2.16. The number of hydrogen-bond donors (Lipinski definition) is 1. The Morgan fingerprint density at radius 1 is 1.30 bits per heavy atom. The van der Waals surface area contributed by atoms with Gasteiger partial charge in [-0.1, -0.05) is 30.9 Å². The molecule has 2 rings (SSSR count). The summed E-state index contributed by atoms with van der Waals surface area (Å²) < 4.78 is 5.43. The number of amides is 1. The Kier molecular flexibility index (Phi) is 7.08. The molecule has 7 nitrogen and oxygen atoms in total. The van der Waals surface area contributed by atoms with Gasteiger partial charge in [-0.05, 0) is 43.3 Å². The third-order valence-electron chi connectivity index (χ3n) is 3.78. The largest absolute Gasteiger partial charge is 0.490 e. The molecule has 0 radical (unpaired) electrons. The van der Waals surface area contributed by atoms with Crippen LogP contribution in [0, 0.1) is 17.0 Å². The van der Waals surface area contributed by atoms with Crippen molar-refractivity contribution in [3.05, 3.63) is 76.4 Å². The summed E-state index contributed by atoms with van der Waals surface area (Å²) >= 11 is 0. The highest BCUT2D eigenvalue weighted by Crippen LogP contribution is 2.25. The zero-order valence-corrected chi connectivity index (χ0v) is 15.5. The maximum atomic E-state index is 12.2. The minimum Gasteiger partial charge on any atom is -0.490 e. The first-order valence-electron chi connectivity index (χ1n) is 8.45. The van der Waals surface area contributed by atoms with E-state index in [1.165, 1.54) is 6.07 Å². The van der Waals surface area contributed by atoms with Crippen LogP contribution in [0.15, 0.2) is 55.1 Å². The van der Waals surface area contributed by atoms with Gasteiger partial charge >= 0.3 is 0 Å². The number of benzene rings is 2. The lowest BCUT2D eigenvalue weighted by Crippen LogP contribution is -2.30. The third kappa shape index (κ3) is 6.23. The van der Waals surface area contributed by atoms with E-state index in [1.807, 2.05) is 36.2 Å². The van der Waals surface area contributed by atoms with Gasteiger partial charge in [-0.25, -0.2) is 0 Å². The number of nitrogens with zero attached hydrogens (tertiary/aromatic N) is 2. The summed E-state index contributed by atoms with van der Waals surface area (Å²) in [6, 6.07) is 12.3. The quantitative estimate of drug-likeness (QED) is 0.415. The maximum Gasteiger partial charge on any atom is 0.293 e. The average molecular weight is 369 g/mol. The van der Waals surface area contributed by atoms with Gasteiger partial charge in [0.15, 0.2) is 0 Å². The van der Waals surface area contributed by atoms with Gasteiger partial charge in [0.25, 0.3) is 5.69 Å². The van der Waals surface area contributed by atoms with Crippen molar-refractivity contribution in [3.63, 3.8) is 0 Å². The minimum atomic E-state index is -0.498. The summed E-state index contributed by atoms with van der Waals surface area (Å²) in [6.07, 6.45) is 1.68. The second kappa shape index (κ2) is 9.49. The van der Waals surface area contributed by atoms with Crippen LogP contribution in [0.1, 0.15) is 11.1 Å². The van der Waals surface area contributed by atoms with E-state index < -0.39 is 4.92 Å². The van der Waals surface area contributed by atoms with E-state index >= 15 is 0 Å². The summed E-state index contributed by atoms with van der Waals surface area (Å²) in [5.41, 5.74) is 1.88. The van der Waals surface area contributed by atoms with Crippen molar-refractivity contribution in [1.82, 2.24) is 4.90 Å². The normalized spacial score (nSPS) is 10.5. The van der Waals surface area contributed by atoms with E-state index in [9.17, 15) is 14.9 Å². The number of likely N-dealkylation sites (N-methyl/N-ethyl adjacent to an activating group) is 1. The van der Waals surface area contributed by atoms with Gasteiger partial charge in [0.1, 0.15) is 18.0 Å². The van der Waals surface area contributed by atoms with Crippen molar-refractivity contribution in [2.75, 3.05) is 25.5 Å². The highest BCUT2D eigenvalue weighted by atomic mass is 16.6. The van der Waals surface area contributed by atoms with Crippen LogP contribution in [0.4, 0.5) is 11.4 Å². The molecule has 0 saturated carbocycles. The van der Waals surface area contributed by atoms with E-state index in [1.54, 1.807) is 25.1 Å². The monoisotopic (exact) mass is 369 g/mol. The molecule has 2 aromatic rings. The Hall–Kier alpha value is -3.19. The Morgan fingerprint density at radius 2 is 2.00 bits per heavy atom. The molecule has 1 N–H and O–H groups in total. The zero-order valence-electron chi connectivity index (χ0n) is 15.5. The van der Waals surface area contributed by atoms with Gasteiger partial charge in [-0.3, -0.25) is 19.8 Å². The SMILES string of the molecule is C=CCOc1ccc(CN(C)CC(=O)Nc2ccc(C)cc2[N+](=O)[O-])cc1. The standard InChI is InChI=1S/C20H23N3O4/c1-4-11-27-17-8-6-16(7-9-17)13-22(3)14-20(24)21-18-10-5-15(2)12-19(18)23(25)26/h4-10,12H,1,11,13-14H2,2-3H3,(H,21,24). The van der Waals surface area contributed by atoms with Crippen LogP contribution in [0.25, 0.3) is 0 Å². The Bertz CT molecular complexity index is 818. The molecule has 7 heteroatoms. The Labute approximate surface area is 158 Å². The third-order valence-corrected chi connectivity index (χ3v) is 3.78. The topological polar surface area (TPSA) is 84.7 Å². The first kappa shape index (κ1) is 20.1. The van der Waals surface area contributed by atoms with Gasteiger partial charge in [0.2, 0.25) is 5.91 Å². The summed E-state index contributed by atoms with van der Waals surface area (Å²) in [7, 11) is 1.81. The maximum absolute atomic E-state index is 12.2.